The van der Waals surface area contributed by atoms with E-state index in [1.54, 1.807) is 12.3 Å². The van der Waals surface area contributed by atoms with E-state index in [0.717, 1.165) is 27.8 Å². The van der Waals surface area contributed by atoms with Gasteiger partial charge in [-0.2, -0.15) is 0 Å². The maximum atomic E-state index is 10.3. The van der Waals surface area contributed by atoms with Crippen LogP contribution in [-0.2, 0) is 6.42 Å². The van der Waals surface area contributed by atoms with E-state index in [4.69, 9.17) is 9.15 Å². The number of furan rings is 1. The van der Waals surface area contributed by atoms with Crippen LogP contribution in [0.4, 0.5) is 0 Å². The molecule has 0 bridgehead atoms. The van der Waals surface area contributed by atoms with Crippen LogP contribution in [0.2, 0.25) is 0 Å². The largest absolute Gasteiger partial charge is 0.493 e. The Bertz CT molecular complexity index is 547. The zero-order chi connectivity index (χ0) is 11.8. The first-order chi connectivity index (χ1) is 8.27. The van der Waals surface area contributed by atoms with Gasteiger partial charge in [0.15, 0.2) is 5.76 Å². The zero-order valence-corrected chi connectivity index (χ0v) is 10.6. The Morgan fingerprint density at radius 1 is 1.29 bits per heavy atom. The van der Waals surface area contributed by atoms with Crippen LogP contribution < -0.4 is 4.74 Å². The zero-order valence-electron chi connectivity index (χ0n) is 9.02. The molecule has 1 aliphatic heterocycles. The maximum Gasteiger partial charge on any atom is 0.151 e. The Morgan fingerprint density at radius 2 is 2.18 bits per heavy atom. The second-order valence-electron chi connectivity index (χ2n) is 3.97. The minimum atomic E-state index is -0.799. The first-order valence-corrected chi connectivity index (χ1v) is 6.22. The van der Waals surface area contributed by atoms with Crippen molar-refractivity contribution in [3.8, 4) is 5.75 Å². The summed E-state index contributed by atoms with van der Waals surface area (Å²) < 4.78 is 11.6. The highest BCUT2D eigenvalue weighted by Gasteiger charge is 2.24. The topological polar surface area (TPSA) is 42.6 Å². The summed E-state index contributed by atoms with van der Waals surface area (Å²) in [5.74, 6) is 1.30. The predicted molar refractivity (Wildman–Crippen MR) is 66.1 cm³/mol. The molecule has 1 N–H and O–H groups in total. The lowest BCUT2D eigenvalue weighted by Gasteiger charge is -2.13. The second kappa shape index (κ2) is 4.20. The van der Waals surface area contributed by atoms with Gasteiger partial charge in [0.2, 0.25) is 0 Å². The molecule has 1 aliphatic rings. The number of ether oxygens (including phenoxy) is 1. The first-order valence-electron chi connectivity index (χ1n) is 5.43. The number of hydrogen-bond acceptors (Lipinski definition) is 3. The highest BCUT2D eigenvalue weighted by molar-refractivity contribution is 9.10. The fourth-order valence-electron chi connectivity index (χ4n) is 2.10. The highest BCUT2D eigenvalue weighted by Crippen LogP contribution is 2.38. The lowest BCUT2D eigenvalue weighted by Crippen LogP contribution is -2.01. The van der Waals surface area contributed by atoms with Crippen LogP contribution in [0, 0.1) is 0 Å². The van der Waals surface area contributed by atoms with Crippen LogP contribution in [0.5, 0.6) is 5.75 Å². The summed E-state index contributed by atoms with van der Waals surface area (Å²) >= 11 is 3.35. The number of rotatable bonds is 2. The Balaban J connectivity index is 2.05. The van der Waals surface area contributed by atoms with Gasteiger partial charge in [0.05, 0.1) is 17.3 Å². The molecule has 0 saturated heterocycles. The lowest BCUT2D eigenvalue weighted by atomic mass is 10.0. The Morgan fingerprint density at radius 3 is 2.94 bits per heavy atom. The molecular weight excluding hydrogens is 284 g/mol. The Labute approximate surface area is 107 Å². The van der Waals surface area contributed by atoms with E-state index in [2.05, 4.69) is 15.9 Å². The predicted octanol–water partition coefficient (Wildman–Crippen LogP) is 3.06. The maximum absolute atomic E-state index is 10.3. The molecule has 2 heterocycles. The SMILES string of the molecule is OC(c1cccc2c1OCC2)c1occc1Br. The van der Waals surface area contributed by atoms with Gasteiger partial charge in [0.25, 0.3) is 0 Å². The molecule has 0 aliphatic carbocycles. The smallest absolute Gasteiger partial charge is 0.151 e. The van der Waals surface area contributed by atoms with Crippen LogP contribution in [-0.4, -0.2) is 11.7 Å². The standard InChI is InChI=1S/C13H11BrO3/c14-10-5-7-17-13(10)11(15)9-3-1-2-8-4-6-16-12(8)9/h1-3,5,7,11,15H,4,6H2. The molecule has 88 valence electrons. The second-order valence-corrected chi connectivity index (χ2v) is 4.82. The van der Waals surface area contributed by atoms with Gasteiger partial charge in [-0.3, -0.25) is 0 Å². The van der Waals surface area contributed by atoms with E-state index in [-0.39, 0.29) is 0 Å². The van der Waals surface area contributed by atoms with Crippen molar-refractivity contribution in [3.05, 3.63) is 51.9 Å². The van der Waals surface area contributed by atoms with E-state index in [1.165, 1.54) is 0 Å². The summed E-state index contributed by atoms with van der Waals surface area (Å²) in [6, 6.07) is 7.59. The van der Waals surface area contributed by atoms with Gasteiger partial charge in [-0.05, 0) is 27.6 Å². The van der Waals surface area contributed by atoms with Gasteiger partial charge in [-0.1, -0.05) is 18.2 Å². The molecule has 3 nitrogen and oxygen atoms in total. The van der Waals surface area contributed by atoms with Crippen molar-refractivity contribution in [3.63, 3.8) is 0 Å². The summed E-state index contributed by atoms with van der Waals surface area (Å²) in [6.07, 6.45) is 1.65. The van der Waals surface area contributed by atoms with Crippen molar-refractivity contribution < 1.29 is 14.3 Å². The fourth-order valence-corrected chi connectivity index (χ4v) is 2.52. The summed E-state index contributed by atoms with van der Waals surface area (Å²) in [7, 11) is 0. The quantitative estimate of drug-likeness (QED) is 0.926. The molecule has 0 amide bonds. The number of fused-ring (bicyclic) bond motifs is 1. The third-order valence-electron chi connectivity index (χ3n) is 2.93. The minimum absolute atomic E-state index is 0.508. The molecule has 1 unspecified atom stereocenters. The van der Waals surface area contributed by atoms with Crippen LogP contribution in [0.3, 0.4) is 0 Å². The van der Waals surface area contributed by atoms with Gasteiger partial charge in [0.1, 0.15) is 11.9 Å². The third kappa shape index (κ3) is 1.77. The summed E-state index contributed by atoms with van der Waals surface area (Å²) in [6.45, 7) is 0.679. The number of halogens is 1. The molecule has 0 radical (unpaired) electrons. The number of benzene rings is 1. The van der Waals surface area contributed by atoms with Crippen molar-refractivity contribution >= 4 is 15.9 Å². The van der Waals surface area contributed by atoms with Crippen molar-refractivity contribution in [2.75, 3.05) is 6.61 Å². The van der Waals surface area contributed by atoms with E-state index in [1.807, 2.05) is 18.2 Å². The molecule has 0 fully saturated rings. The summed E-state index contributed by atoms with van der Waals surface area (Å²) in [4.78, 5) is 0. The average Bonchev–Trinajstić information content (AvgIpc) is 2.95. The Hall–Kier alpha value is -1.26. The molecule has 0 spiro atoms. The first kappa shape index (κ1) is 10.9. The van der Waals surface area contributed by atoms with Gasteiger partial charge in [-0.15, -0.1) is 0 Å². The Kier molecular flexibility index (Phi) is 2.68. The van der Waals surface area contributed by atoms with Crippen molar-refractivity contribution in [2.24, 2.45) is 0 Å². The molecule has 1 aromatic carbocycles. The third-order valence-corrected chi connectivity index (χ3v) is 3.59. The van der Waals surface area contributed by atoms with Crippen LogP contribution in [0.1, 0.15) is 23.0 Å². The van der Waals surface area contributed by atoms with Gasteiger partial charge >= 0.3 is 0 Å². The molecule has 1 aromatic heterocycles. The average molecular weight is 295 g/mol. The summed E-state index contributed by atoms with van der Waals surface area (Å²) in [5.41, 5.74) is 1.90. The van der Waals surface area contributed by atoms with E-state index >= 15 is 0 Å². The number of para-hydroxylation sites is 1. The lowest BCUT2D eigenvalue weighted by molar-refractivity contribution is 0.183. The molecular formula is C13H11BrO3. The summed E-state index contributed by atoms with van der Waals surface area (Å²) in [5, 5.41) is 10.3. The van der Waals surface area contributed by atoms with Gasteiger partial charge < -0.3 is 14.3 Å². The van der Waals surface area contributed by atoms with Gasteiger partial charge in [-0.25, -0.2) is 0 Å². The molecule has 1 atom stereocenters. The number of hydrogen-bond donors (Lipinski definition) is 1. The number of aliphatic hydroxyl groups is 1. The van der Waals surface area contributed by atoms with E-state index in [9.17, 15) is 5.11 Å². The highest BCUT2D eigenvalue weighted by atomic mass is 79.9. The molecule has 17 heavy (non-hydrogen) atoms. The molecule has 4 heteroatoms. The normalized spacial score (nSPS) is 15.4. The van der Waals surface area contributed by atoms with Crippen molar-refractivity contribution in [2.45, 2.75) is 12.5 Å². The van der Waals surface area contributed by atoms with Crippen molar-refractivity contribution in [1.82, 2.24) is 0 Å². The molecule has 3 rings (SSSR count). The van der Waals surface area contributed by atoms with E-state index in [0.29, 0.717) is 12.4 Å². The van der Waals surface area contributed by atoms with Gasteiger partial charge in [0, 0.05) is 12.0 Å². The molecule has 2 aromatic rings. The van der Waals surface area contributed by atoms with Crippen LogP contribution >= 0.6 is 15.9 Å². The van der Waals surface area contributed by atoms with Crippen LogP contribution in [0.25, 0.3) is 0 Å². The van der Waals surface area contributed by atoms with Crippen LogP contribution in [0.15, 0.2) is 39.4 Å². The van der Waals surface area contributed by atoms with E-state index < -0.39 is 6.10 Å². The fraction of sp³-hybridized carbons (Fsp3) is 0.231. The molecule has 0 saturated carbocycles. The number of aliphatic hydroxyl groups excluding tert-OH is 1. The van der Waals surface area contributed by atoms with Crippen molar-refractivity contribution in [1.29, 1.82) is 0 Å². The monoisotopic (exact) mass is 294 g/mol. The minimum Gasteiger partial charge on any atom is -0.493 e.